The molecule has 3 heteroatoms. The molecule has 0 fully saturated rings. The number of carboxylic acids is 1. The molecule has 0 aromatic rings. The van der Waals surface area contributed by atoms with E-state index < -0.39 is 5.97 Å². The number of carbonyl (C=O) groups is 1. The molecule has 0 saturated heterocycles. The van der Waals surface area contributed by atoms with Gasteiger partial charge in [0.2, 0.25) is 0 Å². The van der Waals surface area contributed by atoms with Crippen molar-refractivity contribution in [3.8, 4) is 0 Å². The summed E-state index contributed by atoms with van der Waals surface area (Å²) < 4.78 is 0. The van der Waals surface area contributed by atoms with Crippen LogP contribution in [0.4, 0.5) is 0 Å². The number of thioether (sulfide) groups is 1. The monoisotopic (exact) mass is 322 g/mol. The molecule has 0 aliphatic rings. The molecular weight excluding hydrogens is 292 g/mol. The van der Waals surface area contributed by atoms with E-state index in [1.165, 1.54) is 0 Å². The zero-order valence-electron chi connectivity index (χ0n) is 13.7. The first-order valence-corrected chi connectivity index (χ1v) is 9.32. The molecule has 0 aliphatic heterocycles. The number of hydrogen-bond donors (Lipinski definition) is 1. The number of hydrogen-bond acceptors (Lipinski definition) is 2. The second kappa shape index (κ2) is 17.8. The van der Waals surface area contributed by atoms with Gasteiger partial charge < -0.3 is 5.11 Å². The quantitative estimate of drug-likeness (QED) is 0.325. The number of allylic oxidation sites excluding steroid dienone is 7. The third-order valence-corrected chi connectivity index (χ3v) is 3.85. The maximum Gasteiger partial charge on any atom is 0.303 e. The van der Waals surface area contributed by atoms with Gasteiger partial charge in [0.25, 0.3) is 0 Å². The molecule has 0 aromatic heterocycles. The highest BCUT2D eigenvalue weighted by Crippen LogP contribution is 2.05. The van der Waals surface area contributed by atoms with E-state index in [0.29, 0.717) is 0 Å². The zero-order chi connectivity index (χ0) is 16.3. The van der Waals surface area contributed by atoms with Crippen LogP contribution in [0.15, 0.2) is 48.6 Å². The van der Waals surface area contributed by atoms with Crippen LogP contribution in [0, 0.1) is 0 Å². The first-order chi connectivity index (χ1) is 10.8. The first kappa shape index (κ1) is 20.8. The van der Waals surface area contributed by atoms with E-state index in [0.717, 1.165) is 50.0 Å². The van der Waals surface area contributed by atoms with Gasteiger partial charge in [-0.2, -0.15) is 11.8 Å². The van der Waals surface area contributed by atoms with Gasteiger partial charge in [0.15, 0.2) is 0 Å². The number of unbranched alkanes of at least 4 members (excludes halogenated alkanes) is 1. The molecule has 22 heavy (non-hydrogen) atoms. The fourth-order valence-corrected chi connectivity index (χ4v) is 2.47. The van der Waals surface area contributed by atoms with Crippen molar-refractivity contribution in [2.45, 2.75) is 51.9 Å². The highest BCUT2D eigenvalue weighted by atomic mass is 32.2. The zero-order valence-corrected chi connectivity index (χ0v) is 14.6. The molecule has 0 amide bonds. The van der Waals surface area contributed by atoms with Gasteiger partial charge in [0, 0.05) is 12.2 Å². The van der Waals surface area contributed by atoms with Gasteiger partial charge in [-0.25, -0.2) is 0 Å². The summed E-state index contributed by atoms with van der Waals surface area (Å²) in [6.07, 6.45) is 24.0. The minimum absolute atomic E-state index is 0.283. The van der Waals surface area contributed by atoms with E-state index >= 15 is 0 Å². The molecule has 0 unspecified atom stereocenters. The van der Waals surface area contributed by atoms with Gasteiger partial charge >= 0.3 is 5.97 Å². The van der Waals surface area contributed by atoms with Crippen molar-refractivity contribution in [3.63, 3.8) is 0 Å². The topological polar surface area (TPSA) is 37.3 Å². The predicted octanol–water partition coefficient (Wildman–Crippen LogP) is 5.78. The van der Waals surface area contributed by atoms with E-state index in [-0.39, 0.29) is 6.42 Å². The fraction of sp³-hybridized carbons (Fsp3) is 0.526. The molecule has 2 nitrogen and oxygen atoms in total. The normalized spacial score (nSPS) is 12.4. The molecule has 124 valence electrons. The van der Waals surface area contributed by atoms with Crippen molar-refractivity contribution >= 4 is 17.7 Å². The minimum atomic E-state index is -0.699. The van der Waals surface area contributed by atoms with Crippen molar-refractivity contribution in [1.82, 2.24) is 0 Å². The molecule has 0 radical (unpaired) electrons. The van der Waals surface area contributed by atoms with Crippen molar-refractivity contribution in [1.29, 1.82) is 0 Å². The Morgan fingerprint density at radius 2 is 1.50 bits per heavy atom. The van der Waals surface area contributed by atoms with Crippen molar-refractivity contribution in [2.24, 2.45) is 0 Å². The summed E-state index contributed by atoms with van der Waals surface area (Å²) in [6.45, 7) is 2.15. The highest BCUT2D eigenvalue weighted by Gasteiger charge is 1.94. The van der Waals surface area contributed by atoms with Gasteiger partial charge in [-0.1, -0.05) is 55.5 Å². The number of rotatable bonds is 14. The van der Waals surface area contributed by atoms with Crippen LogP contribution in [0.25, 0.3) is 0 Å². The number of aliphatic carboxylic acids is 1. The van der Waals surface area contributed by atoms with Crippen molar-refractivity contribution in [2.75, 3.05) is 11.5 Å². The van der Waals surface area contributed by atoms with Gasteiger partial charge in [0.05, 0.1) is 0 Å². The van der Waals surface area contributed by atoms with E-state index in [4.69, 9.17) is 5.11 Å². The Morgan fingerprint density at radius 3 is 2.14 bits per heavy atom. The maximum absolute atomic E-state index is 10.3. The van der Waals surface area contributed by atoms with Crippen LogP contribution in [0.5, 0.6) is 0 Å². The number of carboxylic acid groups (broad SMARTS) is 1. The Hall–Kier alpha value is -1.22. The van der Waals surface area contributed by atoms with Crippen LogP contribution in [-0.4, -0.2) is 22.6 Å². The van der Waals surface area contributed by atoms with E-state index in [2.05, 4.69) is 55.5 Å². The molecule has 1 N–H and O–H groups in total. The Kier molecular flexibility index (Phi) is 16.8. The summed E-state index contributed by atoms with van der Waals surface area (Å²) in [5.74, 6) is 1.21. The second-order valence-corrected chi connectivity index (χ2v) is 6.06. The summed E-state index contributed by atoms with van der Waals surface area (Å²) in [6, 6.07) is 0. The summed E-state index contributed by atoms with van der Waals surface area (Å²) in [5, 5.41) is 8.50. The first-order valence-electron chi connectivity index (χ1n) is 8.17. The average Bonchev–Trinajstić information content (AvgIpc) is 2.50. The summed E-state index contributed by atoms with van der Waals surface area (Å²) >= 11 is 1.80. The van der Waals surface area contributed by atoms with Crippen LogP contribution in [0.3, 0.4) is 0 Å². The van der Waals surface area contributed by atoms with Gasteiger partial charge in [-0.05, 0) is 44.3 Å². The Balaban J connectivity index is 3.33. The molecule has 0 saturated carbocycles. The van der Waals surface area contributed by atoms with Gasteiger partial charge in [-0.3, -0.25) is 4.79 Å². The van der Waals surface area contributed by atoms with Crippen LogP contribution in [0.2, 0.25) is 0 Å². The summed E-state index contributed by atoms with van der Waals surface area (Å²) in [7, 11) is 0. The van der Waals surface area contributed by atoms with Crippen LogP contribution < -0.4 is 0 Å². The maximum atomic E-state index is 10.3. The second-order valence-electron chi connectivity index (χ2n) is 4.91. The van der Waals surface area contributed by atoms with Gasteiger partial charge in [-0.15, -0.1) is 0 Å². The predicted molar refractivity (Wildman–Crippen MR) is 99.5 cm³/mol. The summed E-state index contributed by atoms with van der Waals surface area (Å²) in [5.41, 5.74) is 0. The SMILES string of the molecule is CC/C=C\C/C=C\C/C=C\CC/C=C/CSCCCC(=O)O. The van der Waals surface area contributed by atoms with Crippen LogP contribution in [0.1, 0.15) is 51.9 Å². The van der Waals surface area contributed by atoms with Crippen LogP contribution in [-0.2, 0) is 4.79 Å². The third-order valence-electron chi connectivity index (χ3n) is 2.84. The average molecular weight is 323 g/mol. The van der Waals surface area contributed by atoms with Gasteiger partial charge in [0.1, 0.15) is 0 Å². The van der Waals surface area contributed by atoms with E-state index in [1.807, 2.05) is 0 Å². The molecule has 0 atom stereocenters. The lowest BCUT2D eigenvalue weighted by Gasteiger charge is -1.95. The highest BCUT2D eigenvalue weighted by molar-refractivity contribution is 7.99. The molecular formula is C19H30O2S. The lowest BCUT2D eigenvalue weighted by molar-refractivity contribution is -0.137. The molecule has 0 rings (SSSR count). The van der Waals surface area contributed by atoms with Crippen molar-refractivity contribution < 1.29 is 9.90 Å². The van der Waals surface area contributed by atoms with Crippen molar-refractivity contribution in [3.05, 3.63) is 48.6 Å². The minimum Gasteiger partial charge on any atom is -0.481 e. The molecule has 0 spiro atoms. The molecule has 0 heterocycles. The molecule has 0 aromatic carbocycles. The van der Waals surface area contributed by atoms with E-state index in [1.54, 1.807) is 11.8 Å². The Morgan fingerprint density at radius 1 is 0.909 bits per heavy atom. The fourth-order valence-electron chi connectivity index (χ4n) is 1.68. The lowest BCUT2D eigenvalue weighted by atomic mass is 10.2. The standard InChI is InChI=1S/C19H30O2S/c1-2-3-4-5-6-7-8-9-10-11-12-13-14-17-22-18-15-16-19(20)21/h3-4,6-7,9-10,13-14H,2,5,8,11-12,15-18H2,1H3,(H,20,21)/b4-3-,7-6-,10-9-,14-13+. The third kappa shape index (κ3) is 18.8. The Bertz CT molecular complexity index is 368. The molecule has 0 bridgehead atoms. The van der Waals surface area contributed by atoms with Crippen LogP contribution >= 0.6 is 11.8 Å². The lowest BCUT2D eigenvalue weighted by Crippen LogP contribution is -1.94. The molecule has 0 aliphatic carbocycles. The Labute approximate surface area is 140 Å². The van der Waals surface area contributed by atoms with E-state index in [9.17, 15) is 4.79 Å². The summed E-state index contributed by atoms with van der Waals surface area (Å²) in [4.78, 5) is 10.3. The largest absolute Gasteiger partial charge is 0.481 e. The smallest absolute Gasteiger partial charge is 0.303 e.